The van der Waals surface area contributed by atoms with Gasteiger partial charge in [0.15, 0.2) is 0 Å². The van der Waals surface area contributed by atoms with Crippen LogP contribution in [-0.4, -0.2) is 59.8 Å². The number of amides is 2. The number of anilines is 1. The molecule has 1 aromatic heterocycles. The molecule has 0 unspecified atom stereocenters. The number of hydrogen-bond donors (Lipinski definition) is 0. The number of ether oxygens (including phenoxy) is 1. The molecule has 28 heavy (non-hydrogen) atoms. The van der Waals surface area contributed by atoms with Gasteiger partial charge in [0.25, 0.3) is 5.91 Å². The summed E-state index contributed by atoms with van der Waals surface area (Å²) in [4.78, 5) is 28.9. The highest BCUT2D eigenvalue weighted by Gasteiger charge is 2.46. The zero-order valence-electron chi connectivity index (χ0n) is 15.8. The van der Waals surface area contributed by atoms with Crippen LogP contribution in [0.2, 0.25) is 0 Å². The minimum atomic E-state index is -0.510. The van der Waals surface area contributed by atoms with Crippen molar-refractivity contribution in [3.8, 4) is 0 Å². The summed E-state index contributed by atoms with van der Waals surface area (Å²) in [7, 11) is 1.61. The summed E-state index contributed by atoms with van der Waals surface area (Å²) >= 11 is 0. The average Bonchev–Trinajstić information content (AvgIpc) is 3.19. The average molecular weight is 386 g/mol. The van der Waals surface area contributed by atoms with Gasteiger partial charge in [-0.25, -0.2) is 9.07 Å². The molecule has 4 rings (SSSR count). The Labute approximate surface area is 162 Å². The Kier molecular flexibility index (Phi) is 4.89. The second-order valence-corrected chi connectivity index (χ2v) is 7.31. The lowest BCUT2D eigenvalue weighted by Crippen LogP contribution is -2.55. The third kappa shape index (κ3) is 3.07. The molecule has 1 aromatic carbocycles. The summed E-state index contributed by atoms with van der Waals surface area (Å²) < 4.78 is 21.0. The maximum atomic E-state index is 14.0. The van der Waals surface area contributed by atoms with Crippen LogP contribution in [0.15, 0.2) is 36.5 Å². The van der Waals surface area contributed by atoms with Crippen LogP contribution in [0.3, 0.4) is 0 Å². The molecule has 8 heteroatoms. The van der Waals surface area contributed by atoms with Gasteiger partial charge in [0.1, 0.15) is 11.6 Å². The van der Waals surface area contributed by atoms with E-state index in [0.717, 1.165) is 5.82 Å². The van der Waals surface area contributed by atoms with E-state index in [1.165, 1.54) is 12.1 Å². The number of carbonyl (C=O) groups is 2. The van der Waals surface area contributed by atoms with Crippen LogP contribution in [0.5, 0.6) is 0 Å². The van der Waals surface area contributed by atoms with Gasteiger partial charge in [-0.3, -0.25) is 14.5 Å². The lowest BCUT2D eigenvalue weighted by molar-refractivity contribution is -0.123. The Bertz CT molecular complexity index is 889. The van der Waals surface area contributed by atoms with Crippen molar-refractivity contribution in [1.82, 2.24) is 14.7 Å². The Hall–Kier alpha value is -2.74. The predicted octanol–water partition coefficient (Wildman–Crippen LogP) is 2.04. The van der Waals surface area contributed by atoms with E-state index in [-0.39, 0.29) is 17.4 Å². The Morgan fingerprint density at radius 3 is 2.71 bits per heavy atom. The molecule has 0 atom stereocenters. The molecule has 148 valence electrons. The van der Waals surface area contributed by atoms with E-state index >= 15 is 0 Å². The number of likely N-dealkylation sites (tertiary alicyclic amines) is 1. The quantitative estimate of drug-likeness (QED) is 0.807. The number of carbonyl (C=O) groups excluding carboxylic acids is 2. The minimum absolute atomic E-state index is 0.0407. The molecule has 0 saturated carbocycles. The second-order valence-electron chi connectivity index (χ2n) is 7.31. The normalized spacial score (nSPS) is 18.4. The van der Waals surface area contributed by atoms with Gasteiger partial charge in [0.2, 0.25) is 5.91 Å². The van der Waals surface area contributed by atoms with Crippen molar-refractivity contribution in [3.05, 3.63) is 47.9 Å². The lowest BCUT2D eigenvalue weighted by atomic mass is 9.82. The molecule has 1 saturated heterocycles. The van der Waals surface area contributed by atoms with Gasteiger partial charge >= 0.3 is 0 Å². The molecule has 7 nitrogen and oxygen atoms in total. The van der Waals surface area contributed by atoms with Crippen LogP contribution >= 0.6 is 0 Å². The fraction of sp³-hybridized carbons (Fsp3) is 0.450. The van der Waals surface area contributed by atoms with Gasteiger partial charge in [-0.15, -0.1) is 0 Å². The molecule has 0 bridgehead atoms. The molecule has 2 amide bonds. The zero-order chi connectivity index (χ0) is 19.7. The van der Waals surface area contributed by atoms with Gasteiger partial charge < -0.3 is 9.64 Å². The maximum Gasteiger partial charge on any atom is 0.256 e. The largest absolute Gasteiger partial charge is 0.383 e. The molecule has 1 spiro atoms. The summed E-state index contributed by atoms with van der Waals surface area (Å²) in [6.07, 6.45) is 3.25. The van der Waals surface area contributed by atoms with E-state index < -0.39 is 11.4 Å². The molecule has 0 radical (unpaired) electrons. The van der Waals surface area contributed by atoms with Crippen LogP contribution in [0.25, 0.3) is 0 Å². The zero-order valence-corrected chi connectivity index (χ0v) is 15.8. The van der Waals surface area contributed by atoms with Crippen molar-refractivity contribution in [3.63, 3.8) is 0 Å². The molecule has 0 N–H and O–H groups in total. The van der Waals surface area contributed by atoms with Gasteiger partial charge in [0.05, 0.1) is 36.9 Å². The maximum absolute atomic E-state index is 14.0. The molecule has 0 aliphatic carbocycles. The molecular weight excluding hydrogens is 363 g/mol. The van der Waals surface area contributed by atoms with E-state index in [1.807, 2.05) is 10.7 Å². The fourth-order valence-corrected chi connectivity index (χ4v) is 4.19. The SMILES string of the molecule is COCCN1C(=O)CC2(CCN(C(=O)c3ccccc3F)CC2)n2nccc21. The van der Waals surface area contributed by atoms with Crippen LogP contribution in [-0.2, 0) is 15.1 Å². The first-order valence-corrected chi connectivity index (χ1v) is 9.43. The molecular formula is C20H23FN4O3. The number of aromatic nitrogens is 2. The number of piperidine rings is 1. The summed E-state index contributed by atoms with van der Waals surface area (Å²) in [6, 6.07) is 7.87. The third-order valence-electron chi connectivity index (χ3n) is 5.73. The summed E-state index contributed by atoms with van der Waals surface area (Å²) in [5, 5.41) is 4.49. The van der Waals surface area contributed by atoms with E-state index in [2.05, 4.69) is 5.10 Å². The van der Waals surface area contributed by atoms with Crippen molar-refractivity contribution >= 4 is 17.6 Å². The highest BCUT2D eigenvalue weighted by Crippen LogP contribution is 2.41. The summed E-state index contributed by atoms with van der Waals surface area (Å²) in [5.74, 6) is -0.0117. The number of nitrogens with zero attached hydrogens (tertiary/aromatic N) is 4. The summed E-state index contributed by atoms with van der Waals surface area (Å²) in [6.45, 7) is 1.85. The lowest BCUT2D eigenvalue weighted by Gasteiger charge is -2.46. The van der Waals surface area contributed by atoms with Crippen molar-refractivity contribution in [1.29, 1.82) is 0 Å². The van der Waals surface area contributed by atoms with E-state index in [1.54, 1.807) is 35.2 Å². The number of hydrogen-bond acceptors (Lipinski definition) is 4. The smallest absolute Gasteiger partial charge is 0.256 e. The number of halogens is 1. The standard InChI is InChI=1S/C20H23FN4O3/c1-28-13-12-24-17-6-9-22-25(17)20(14-18(24)26)7-10-23(11-8-20)19(27)15-4-2-3-5-16(15)21/h2-6,9H,7-8,10-14H2,1H3. The molecule has 3 heterocycles. The Morgan fingerprint density at radius 1 is 1.25 bits per heavy atom. The van der Waals surface area contributed by atoms with Crippen molar-refractivity contribution in [2.24, 2.45) is 0 Å². The first kappa shape index (κ1) is 18.6. The predicted molar refractivity (Wildman–Crippen MR) is 101 cm³/mol. The Morgan fingerprint density at radius 2 is 2.00 bits per heavy atom. The van der Waals surface area contributed by atoms with E-state index in [4.69, 9.17) is 4.74 Å². The fourth-order valence-electron chi connectivity index (χ4n) is 4.19. The number of benzene rings is 1. The van der Waals surface area contributed by atoms with Crippen LogP contribution in [0, 0.1) is 5.82 Å². The number of fused-ring (bicyclic) bond motifs is 2. The van der Waals surface area contributed by atoms with Gasteiger partial charge in [0, 0.05) is 26.3 Å². The summed E-state index contributed by atoms with van der Waals surface area (Å²) in [5.41, 5.74) is -0.352. The van der Waals surface area contributed by atoms with Gasteiger partial charge in [-0.1, -0.05) is 12.1 Å². The van der Waals surface area contributed by atoms with E-state index in [0.29, 0.717) is 45.5 Å². The van der Waals surface area contributed by atoms with Crippen molar-refractivity contribution < 1.29 is 18.7 Å². The van der Waals surface area contributed by atoms with Crippen LogP contribution in [0.4, 0.5) is 10.2 Å². The van der Waals surface area contributed by atoms with E-state index in [9.17, 15) is 14.0 Å². The second kappa shape index (κ2) is 7.35. The number of rotatable bonds is 4. The molecule has 2 aromatic rings. The highest BCUT2D eigenvalue weighted by atomic mass is 19.1. The van der Waals surface area contributed by atoms with Crippen molar-refractivity contribution in [2.45, 2.75) is 24.8 Å². The third-order valence-corrected chi connectivity index (χ3v) is 5.73. The van der Waals surface area contributed by atoms with Gasteiger partial charge in [-0.05, 0) is 25.0 Å². The van der Waals surface area contributed by atoms with Crippen LogP contribution < -0.4 is 4.90 Å². The van der Waals surface area contributed by atoms with Crippen LogP contribution in [0.1, 0.15) is 29.6 Å². The first-order valence-electron chi connectivity index (χ1n) is 9.43. The monoisotopic (exact) mass is 386 g/mol. The highest BCUT2D eigenvalue weighted by molar-refractivity contribution is 5.95. The minimum Gasteiger partial charge on any atom is -0.383 e. The Balaban J connectivity index is 1.53. The molecule has 2 aliphatic heterocycles. The van der Waals surface area contributed by atoms with Crippen molar-refractivity contribution in [2.75, 3.05) is 38.3 Å². The first-order chi connectivity index (χ1) is 13.6. The number of methoxy groups -OCH3 is 1. The topological polar surface area (TPSA) is 67.7 Å². The molecule has 1 fully saturated rings. The molecule has 2 aliphatic rings. The van der Waals surface area contributed by atoms with Gasteiger partial charge in [-0.2, -0.15) is 5.10 Å².